The Hall–Kier alpha value is -2.41. The van der Waals surface area contributed by atoms with E-state index in [1.807, 2.05) is 30.0 Å². The molecule has 1 aliphatic heterocycles. The minimum atomic E-state index is -0.264. The fraction of sp³-hybridized carbons (Fsp3) is 0.542. The summed E-state index contributed by atoms with van der Waals surface area (Å²) in [6, 6.07) is 8.51. The number of ether oxygens (including phenoxy) is 1. The number of nitrogens with zero attached hydrogens (tertiary/aromatic N) is 3. The van der Waals surface area contributed by atoms with Crippen LogP contribution in [-0.4, -0.2) is 38.7 Å². The van der Waals surface area contributed by atoms with E-state index in [4.69, 9.17) is 17.0 Å². The summed E-state index contributed by atoms with van der Waals surface area (Å²) in [6.07, 6.45) is 8.17. The average Bonchev–Trinajstić information content (AvgIpc) is 3.25. The van der Waals surface area contributed by atoms with Crippen LogP contribution < -0.4 is 5.32 Å². The minimum Gasteiger partial charge on any atom is -0.465 e. The molecule has 0 spiro atoms. The van der Waals surface area contributed by atoms with Gasteiger partial charge in [0.25, 0.3) is 0 Å². The monoisotopic (exact) mass is 440 g/mol. The predicted octanol–water partition coefficient (Wildman–Crippen LogP) is 4.54. The van der Waals surface area contributed by atoms with E-state index in [1.54, 1.807) is 6.20 Å². The van der Waals surface area contributed by atoms with Crippen molar-refractivity contribution < 1.29 is 9.53 Å². The molecule has 166 valence electrons. The van der Waals surface area contributed by atoms with Crippen LogP contribution in [0, 0.1) is 13.8 Å². The quantitative estimate of drug-likeness (QED) is 0.526. The summed E-state index contributed by atoms with van der Waals surface area (Å²) in [5.74, 6) is -0.264. The zero-order valence-corrected chi connectivity index (χ0v) is 19.5. The maximum absolute atomic E-state index is 12.4. The molecule has 6 nitrogen and oxygen atoms in total. The van der Waals surface area contributed by atoms with Gasteiger partial charge in [-0.3, -0.25) is 9.78 Å². The van der Waals surface area contributed by atoms with Crippen LogP contribution in [0.15, 0.2) is 30.5 Å². The summed E-state index contributed by atoms with van der Waals surface area (Å²) < 4.78 is 7.75. The lowest BCUT2D eigenvalue weighted by molar-refractivity contribution is -0.143. The number of thiocarbonyl (C=S) groups is 1. The van der Waals surface area contributed by atoms with Crippen LogP contribution in [0.5, 0.6) is 0 Å². The summed E-state index contributed by atoms with van der Waals surface area (Å²) in [6.45, 7) is 6.70. The van der Waals surface area contributed by atoms with Gasteiger partial charge in [-0.25, -0.2) is 0 Å². The molecule has 2 aromatic heterocycles. The SMILES string of the molecule is CCOC(=O)CN1C(=S)NC(c2ccccn2)C1c1cc(C)n(C2CCCCC2)c1C. The number of pyridine rings is 1. The lowest BCUT2D eigenvalue weighted by atomic mass is 9.94. The Balaban J connectivity index is 1.75. The van der Waals surface area contributed by atoms with E-state index in [9.17, 15) is 4.79 Å². The Morgan fingerprint density at radius 2 is 2.03 bits per heavy atom. The number of carbonyl (C=O) groups excluding carboxylic acids is 1. The molecule has 2 aromatic rings. The zero-order chi connectivity index (χ0) is 22.0. The Morgan fingerprint density at radius 3 is 2.71 bits per heavy atom. The number of rotatable bonds is 6. The van der Waals surface area contributed by atoms with Crippen LogP contribution in [0.3, 0.4) is 0 Å². The molecule has 0 amide bonds. The lowest BCUT2D eigenvalue weighted by Crippen LogP contribution is -2.35. The second-order valence-electron chi connectivity index (χ2n) is 8.55. The van der Waals surface area contributed by atoms with E-state index in [-0.39, 0.29) is 24.6 Å². The molecular weight excluding hydrogens is 408 g/mol. The Kier molecular flexibility index (Phi) is 6.60. The molecule has 1 saturated heterocycles. The number of hydrogen-bond donors (Lipinski definition) is 1. The number of aryl methyl sites for hydroxylation is 1. The third-order valence-electron chi connectivity index (χ3n) is 6.58. The molecule has 1 saturated carbocycles. The highest BCUT2D eigenvalue weighted by Crippen LogP contribution is 2.42. The first kappa shape index (κ1) is 21.8. The van der Waals surface area contributed by atoms with Gasteiger partial charge in [0.15, 0.2) is 5.11 Å². The van der Waals surface area contributed by atoms with Gasteiger partial charge in [0.1, 0.15) is 6.54 Å². The van der Waals surface area contributed by atoms with E-state index in [1.165, 1.54) is 49.1 Å². The van der Waals surface area contributed by atoms with Crippen molar-refractivity contribution >= 4 is 23.3 Å². The van der Waals surface area contributed by atoms with Crippen molar-refractivity contribution in [3.05, 3.63) is 53.1 Å². The Labute approximate surface area is 190 Å². The van der Waals surface area contributed by atoms with Gasteiger partial charge in [0.2, 0.25) is 0 Å². The second kappa shape index (κ2) is 9.39. The fourth-order valence-electron chi connectivity index (χ4n) is 5.26. The third kappa shape index (κ3) is 4.33. The van der Waals surface area contributed by atoms with Crippen molar-refractivity contribution in [3.8, 4) is 0 Å². The molecule has 3 heterocycles. The molecule has 2 atom stereocenters. The lowest BCUT2D eigenvalue weighted by Gasteiger charge is -2.29. The first-order chi connectivity index (χ1) is 15.0. The van der Waals surface area contributed by atoms with Gasteiger partial charge in [-0.05, 0) is 69.6 Å². The van der Waals surface area contributed by atoms with Crippen LogP contribution in [-0.2, 0) is 9.53 Å². The van der Waals surface area contributed by atoms with E-state index in [0.717, 1.165) is 5.69 Å². The summed E-state index contributed by atoms with van der Waals surface area (Å²) in [7, 11) is 0. The van der Waals surface area contributed by atoms with Gasteiger partial charge >= 0.3 is 5.97 Å². The van der Waals surface area contributed by atoms with Gasteiger partial charge in [-0.2, -0.15) is 0 Å². The molecule has 1 aliphatic carbocycles. The normalized spacial score (nSPS) is 21.9. The first-order valence-corrected chi connectivity index (χ1v) is 11.7. The summed E-state index contributed by atoms with van der Waals surface area (Å²) >= 11 is 5.68. The third-order valence-corrected chi connectivity index (χ3v) is 6.94. The Morgan fingerprint density at radius 1 is 1.26 bits per heavy atom. The van der Waals surface area contributed by atoms with Gasteiger partial charge < -0.3 is 19.5 Å². The molecule has 4 rings (SSSR count). The summed E-state index contributed by atoms with van der Waals surface area (Å²) in [5, 5.41) is 4.00. The predicted molar refractivity (Wildman–Crippen MR) is 125 cm³/mol. The smallest absolute Gasteiger partial charge is 0.325 e. The standard InChI is InChI=1S/C24H32N4O2S/c1-4-30-21(29)15-27-23(22(26-24(27)31)20-12-8-9-13-25-20)19-14-16(2)28(17(19)3)18-10-6-5-7-11-18/h8-9,12-14,18,22-23H,4-7,10-11,15H2,1-3H3,(H,26,31). The topological polar surface area (TPSA) is 59.4 Å². The number of esters is 1. The van der Waals surface area contributed by atoms with Crippen LogP contribution in [0.2, 0.25) is 0 Å². The summed E-state index contributed by atoms with van der Waals surface area (Å²) in [5.41, 5.74) is 4.66. The maximum Gasteiger partial charge on any atom is 0.325 e. The number of hydrogen-bond acceptors (Lipinski definition) is 4. The molecule has 31 heavy (non-hydrogen) atoms. The Bertz CT molecular complexity index is 937. The highest BCUT2D eigenvalue weighted by atomic mass is 32.1. The van der Waals surface area contributed by atoms with Crippen molar-refractivity contribution in [3.63, 3.8) is 0 Å². The zero-order valence-electron chi connectivity index (χ0n) is 18.6. The largest absolute Gasteiger partial charge is 0.465 e. The average molecular weight is 441 g/mol. The van der Waals surface area contributed by atoms with Crippen molar-refractivity contribution in [2.24, 2.45) is 0 Å². The minimum absolute atomic E-state index is 0.115. The highest BCUT2D eigenvalue weighted by Gasteiger charge is 2.42. The van der Waals surface area contributed by atoms with E-state index in [0.29, 0.717) is 17.8 Å². The van der Waals surface area contributed by atoms with Gasteiger partial charge in [-0.1, -0.05) is 25.3 Å². The molecule has 0 bridgehead atoms. The van der Waals surface area contributed by atoms with Crippen LogP contribution in [0.1, 0.15) is 79.8 Å². The van der Waals surface area contributed by atoms with Gasteiger partial charge in [0, 0.05) is 23.6 Å². The summed E-state index contributed by atoms with van der Waals surface area (Å²) in [4.78, 5) is 19.0. The van der Waals surface area contributed by atoms with E-state index >= 15 is 0 Å². The maximum atomic E-state index is 12.4. The van der Waals surface area contributed by atoms with Gasteiger partial charge in [-0.15, -0.1) is 0 Å². The van der Waals surface area contributed by atoms with Gasteiger partial charge in [0.05, 0.1) is 24.4 Å². The molecule has 2 aliphatic rings. The molecular formula is C24H32N4O2S. The molecule has 2 fully saturated rings. The number of nitrogens with one attached hydrogen (secondary N) is 1. The van der Waals surface area contributed by atoms with Crippen molar-refractivity contribution in [2.45, 2.75) is 71.0 Å². The van der Waals surface area contributed by atoms with Crippen molar-refractivity contribution in [2.75, 3.05) is 13.2 Å². The first-order valence-electron chi connectivity index (χ1n) is 11.3. The molecule has 7 heteroatoms. The molecule has 1 N–H and O–H groups in total. The molecule has 0 aromatic carbocycles. The van der Waals surface area contributed by atoms with Crippen molar-refractivity contribution in [1.82, 2.24) is 19.8 Å². The second-order valence-corrected chi connectivity index (χ2v) is 8.93. The van der Waals surface area contributed by atoms with Crippen molar-refractivity contribution in [1.29, 1.82) is 0 Å². The fourth-order valence-corrected chi connectivity index (χ4v) is 5.57. The van der Waals surface area contributed by atoms with Crippen LogP contribution in [0.4, 0.5) is 0 Å². The highest BCUT2D eigenvalue weighted by molar-refractivity contribution is 7.80. The van der Waals surface area contributed by atoms with Crippen LogP contribution >= 0.6 is 12.2 Å². The number of carbonyl (C=O) groups is 1. The van der Waals surface area contributed by atoms with Crippen LogP contribution in [0.25, 0.3) is 0 Å². The number of aromatic nitrogens is 2. The molecule has 0 radical (unpaired) electrons. The molecule has 2 unspecified atom stereocenters. The van der Waals surface area contributed by atoms with E-state index < -0.39 is 0 Å². The van der Waals surface area contributed by atoms with E-state index in [2.05, 4.69) is 34.8 Å².